The van der Waals surface area contributed by atoms with Gasteiger partial charge in [0.25, 0.3) is 0 Å². The summed E-state index contributed by atoms with van der Waals surface area (Å²) in [4.78, 5) is 3.83. The molecule has 0 unspecified atom stereocenters. The van der Waals surface area contributed by atoms with Crippen LogP contribution in [0.15, 0.2) is 18.6 Å². The zero-order valence-corrected chi connectivity index (χ0v) is 5.65. The van der Waals surface area contributed by atoms with Crippen LogP contribution < -0.4 is 0 Å². The first-order valence-corrected chi connectivity index (χ1v) is 3.06. The summed E-state index contributed by atoms with van der Waals surface area (Å²) in [5.74, 6) is 0. The molecule has 0 bridgehead atoms. The van der Waals surface area contributed by atoms with Gasteiger partial charge in [-0.3, -0.25) is 4.40 Å². The van der Waals surface area contributed by atoms with Crippen molar-refractivity contribution in [3.8, 4) is 0 Å². The maximum atomic E-state index is 5.67. The van der Waals surface area contributed by atoms with E-state index in [0.29, 0.717) is 10.9 Å². The molecular formula is C5H3ClN4. The van der Waals surface area contributed by atoms with Crippen LogP contribution in [0.4, 0.5) is 0 Å². The van der Waals surface area contributed by atoms with Crippen molar-refractivity contribution in [1.82, 2.24) is 19.6 Å². The minimum absolute atomic E-state index is 0.377. The van der Waals surface area contributed by atoms with Crippen LogP contribution in [0.25, 0.3) is 5.65 Å². The Hall–Kier alpha value is -1.16. The summed E-state index contributed by atoms with van der Waals surface area (Å²) in [7, 11) is 0. The van der Waals surface area contributed by atoms with Crippen molar-refractivity contribution in [3.63, 3.8) is 0 Å². The Balaban J connectivity index is 2.95. The predicted octanol–water partition coefficient (Wildman–Crippen LogP) is 0.778. The highest BCUT2D eigenvalue weighted by Crippen LogP contribution is 2.04. The van der Waals surface area contributed by atoms with Crippen LogP contribution in [0.2, 0.25) is 5.28 Å². The third-order valence-electron chi connectivity index (χ3n) is 1.18. The lowest BCUT2D eigenvalue weighted by Crippen LogP contribution is -1.86. The van der Waals surface area contributed by atoms with Gasteiger partial charge in [-0.2, -0.15) is 0 Å². The van der Waals surface area contributed by atoms with Crippen LogP contribution in [0.5, 0.6) is 0 Å². The standard InChI is InChI=1S/C5H3ClN4/c6-5-7-2-1-4-9-8-3-10(4)5/h1-3H. The fraction of sp³-hybridized carbons (Fsp3) is 0. The zero-order valence-electron chi connectivity index (χ0n) is 4.90. The van der Waals surface area contributed by atoms with E-state index in [1.54, 1.807) is 16.7 Å². The van der Waals surface area contributed by atoms with Crippen LogP contribution in [0, 0.1) is 0 Å². The van der Waals surface area contributed by atoms with Crippen molar-refractivity contribution in [1.29, 1.82) is 0 Å². The molecule has 0 aromatic carbocycles. The summed E-state index contributed by atoms with van der Waals surface area (Å²) >= 11 is 5.67. The number of nitrogens with zero attached hydrogens (tertiary/aromatic N) is 4. The average Bonchev–Trinajstić information content (AvgIpc) is 2.36. The molecule has 50 valence electrons. The molecule has 0 amide bonds. The molecule has 0 radical (unpaired) electrons. The number of halogens is 1. The summed E-state index contributed by atoms with van der Waals surface area (Å²) in [6.45, 7) is 0. The first kappa shape index (κ1) is 5.61. The van der Waals surface area contributed by atoms with Gasteiger partial charge >= 0.3 is 0 Å². The van der Waals surface area contributed by atoms with Crippen molar-refractivity contribution in [2.24, 2.45) is 0 Å². The smallest absolute Gasteiger partial charge is 0.209 e. The molecule has 0 saturated heterocycles. The Morgan fingerprint density at radius 3 is 3.20 bits per heavy atom. The molecule has 2 aromatic rings. The molecule has 0 aliphatic carbocycles. The third-order valence-corrected chi connectivity index (χ3v) is 1.46. The molecule has 0 N–H and O–H groups in total. The topological polar surface area (TPSA) is 43.1 Å². The third kappa shape index (κ3) is 0.657. The SMILES string of the molecule is Clc1nccc2nncn12. The quantitative estimate of drug-likeness (QED) is 0.527. The highest BCUT2D eigenvalue weighted by atomic mass is 35.5. The molecule has 0 aliphatic heterocycles. The first-order chi connectivity index (χ1) is 4.88. The summed E-state index contributed by atoms with van der Waals surface area (Å²) < 4.78 is 1.60. The molecule has 2 aromatic heterocycles. The zero-order chi connectivity index (χ0) is 6.97. The van der Waals surface area contributed by atoms with Gasteiger partial charge in [-0.25, -0.2) is 4.98 Å². The molecule has 0 fully saturated rings. The Kier molecular flexibility index (Phi) is 1.07. The number of rotatable bonds is 0. The molecule has 0 atom stereocenters. The summed E-state index contributed by atoms with van der Waals surface area (Å²) in [5, 5.41) is 7.80. The lowest BCUT2D eigenvalue weighted by atomic mass is 10.6. The molecule has 4 nitrogen and oxygen atoms in total. The van der Waals surface area contributed by atoms with Crippen LogP contribution in [-0.4, -0.2) is 19.6 Å². The van der Waals surface area contributed by atoms with E-state index in [9.17, 15) is 0 Å². The molecule has 5 heteroatoms. The van der Waals surface area contributed by atoms with E-state index in [4.69, 9.17) is 11.6 Å². The van der Waals surface area contributed by atoms with E-state index in [2.05, 4.69) is 15.2 Å². The minimum Gasteiger partial charge on any atom is -0.256 e. The van der Waals surface area contributed by atoms with Crippen LogP contribution in [0.3, 0.4) is 0 Å². The second kappa shape index (κ2) is 1.91. The van der Waals surface area contributed by atoms with Gasteiger partial charge in [0.15, 0.2) is 5.65 Å². The summed E-state index contributed by atoms with van der Waals surface area (Å²) in [5.41, 5.74) is 0.708. The maximum absolute atomic E-state index is 5.67. The molecule has 0 saturated carbocycles. The predicted molar refractivity (Wildman–Crippen MR) is 35.8 cm³/mol. The highest BCUT2D eigenvalue weighted by molar-refractivity contribution is 6.28. The molecular weight excluding hydrogens is 152 g/mol. The van der Waals surface area contributed by atoms with Crippen molar-refractivity contribution in [3.05, 3.63) is 23.9 Å². The van der Waals surface area contributed by atoms with Gasteiger partial charge < -0.3 is 0 Å². The molecule has 2 heterocycles. The first-order valence-electron chi connectivity index (χ1n) is 2.68. The molecule has 10 heavy (non-hydrogen) atoms. The number of aromatic nitrogens is 4. The van der Waals surface area contributed by atoms with Crippen molar-refractivity contribution in [2.75, 3.05) is 0 Å². The van der Waals surface area contributed by atoms with Gasteiger partial charge in [-0.15, -0.1) is 10.2 Å². The van der Waals surface area contributed by atoms with E-state index < -0.39 is 0 Å². The van der Waals surface area contributed by atoms with Crippen LogP contribution in [0.1, 0.15) is 0 Å². The maximum Gasteiger partial charge on any atom is 0.209 e. The Labute approximate surface area is 61.5 Å². The lowest BCUT2D eigenvalue weighted by Gasteiger charge is -1.90. The summed E-state index contributed by atoms with van der Waals surface area (Å²) in [6, 6.07) is 1.74. The second-order valence-corrected chi connectivity index (χ2v) is 2.11. The molecule has 0 spiro atoms. The van der Waals surface area contributed by atoms with E-state index in [-0.39, 0.29) is 0 Å². The van der Waals surface area contributed by atoms with Gasteiger partial charge in [0.2, 0.25) is 5.28 Å². The average molecular weight is 155 g/mol. The van der Waals surface area contributed by atoms with E-state index in [0.717, 1.165) is 0 Å². The van der Waals surface area contributed by atoms with Crippen molar-refractivity contribution >= 4 is 17.2 Å². The normalized spacial score (nSPS) is 10.5. The molecule has 0 aliphatic rings. The number of fused-ring (bicyclic) bond motifs is 1. The van der Waals surface area contributed by atoms with Crippen LogP contribution >= 0.6 is 11.6 Å². The minimum atomic E-state index is 0.377. The fourth-order valence-electron chi connectivity index (χ4n) is 0.727. The monoisotopic (exact) mass is 154 g/mol. The van der Waals surface area contributed by atoms with Gasteiger partial charge in [0, 0.05) is 12.3 Å². The number of hydrogen-bond donors (Lipinski definition) is 0. The Morgan fingerprint density at radius 1 is 1.50 bits per heavy atom. The van der Waals surface area contributed by atoms with Crippen molar-refractivity contribution < 1.29 is 0 Å². The van der Waals surface area contributed by atoms with E-state index >= 15 is 0 Å². The molecule has 2 rings (SSSR count). The number of hydrogen-bond acceptors (Lipinski definition) is 3. The van der Waals surface area contributed by atoms with E-state index in [1.807, 2.05) is 0 Å². The van der Waals surface area contributed by atoms with E-state index in [1.165, 1.54) is 6.33 Å². The Morgan fingerprint density at radius 2 is 2.40 bits per heavy atom. The van der Waals surface area contributed by atoms with Gasteiger partial charge in [0.05, 0.1) is 0 Å². The van der Waals surface area contributed by atoms with Crippen molar-refractivity contribution in [2.45, 2.75) is 0 Å². The highest BCUT2D eigenvalue weighted by Gasteiger charge is 1.96. The second-order valence-electron chi connectivity index (χ2n) is 1.77. The van der Waals surface area contributed by atoms with Gasteiger partial charge in [-0.05, 0) is 11.6 Å². The van der Waals surface area contributed by atoms with Gasteiger partial charge in [0.1, 0.15) is 6.33 Å². The lowest BCUT2D eigenvalue weighted by molar-refractivity contribution is 1.07. The van der Waals surface area contributed by atoms with Gasteiger partial charge in [-0.1, -0.05) is 0 Å². The fourth-order valence-corrected chi connectivity index (χ4v) is 0.914. The van der Waals surface area contributed by atoms with Crippen LogP contribution in [-0.2, 0) is 0 Å². The Bertz CT molecular complexity index is 355. The summed E-state index contributed by atoms with van der Waals surface area (Å²) in [6.07, 6.45) is 3.11. The largest absolute Gasteiger partial charge is 0.256 e.